The van der Waals surface area contributed by atoms with E-state index in [1.54, 1.807) is 36.7 Å². The maximum absolute atomic E-state index is 10.4. The minimum absolute atomic E-state index is 0.00685. The second-order valence-corrected chi connectivity index (χ2v) is 7.18. The third-order valence-corrected chi connectivity index (χ3v) is 5.09. The third-order valence-electron chi connectivity index (χ3n) is 5.09. The van der Waals surface area contributed by atoms with Crippen LogP contribution in [0.15, 0.2) is 70.6 Å². The van der Waals surface area contributed by atoms with Crippen molar-refractivity contribution in [3.05, 3.63) is 71.8 Å². The number of benzene rings is 4. The standard InChI is InChI=1S/C25H22N2O4/c28-20-6-1-4-16-8-10-18(24(30)22(16)20)14-26-12-3-13-27-15-19-11-9-17-5-2-7-21(29)23(17)25(19)31/h1-2,4-11,14-15,28-31H,3,12-13H2. The zero-order valence-corrected chi connectivity index (χ0v) is 16.7. The molecule has 0 radical (unpaired) electrons. The smallest absolute Gasteiger partial charge is 0.135 e. The van der Waals surface area contributed by atoms with Gasteiger partial charge in [0.15, 0.2) is 0 Å². The van der Waals surface area contributed by atoms with Crippen LogP contribution in [0, 0.1) is 0 Å². The lowest BCUT2D eigenvalue weighted by Crippen LogP contribution is -1.91. The SMILES string of the molecule is Oc1cccc2ccc(C=NCCCN=Cc3ccc4cccc(O)c4c3O)c(O)c12. The second kappa shape index (κ2) is 8.75. The Morgan fingerprint density at radius 1 is 0.581 bits per heavy atom. The summed E-state index contributed by atoms with van der Waals surface area (Å²) in [7, 11) is 0. The van der Waals surface area contributed by atoms with Crippen molar-refractivity contribution in [2.75, 3.05) is 13.1 Å². The van der Waals surface area contributed by atoms with Crippen molar-refractivity contribution < 1.29 is 20.4 Å². The molecule has 0 fully saturated rings. The zero-order valence-electron chi connectivity index (χ0n) is 16.7. The highest BCUT2D eigenvalue weighted by Crippen LogP contribution is 2.35. The molecule has 0 atom stereocenters. The summed E-state index contributed by atoms with van der Waals surface area (Å²) in [6, 6.07) is 17.4. The monoisotopic (exact) mass is 414 g/mol. The van der Waals surface area contributed by atoms with E-state index in [2.05, 4.69) is 9.98 Å². The molecule has 6 nitrogen and oxygen atoms in total. The fourth-order valence-corrected chi connectivity index (χ4v) is 3.50. The van der Waals surface area contributed by atoms with Crippen molar-refractivity contribution >= 4 is 34.0 Å². The van der Waals surface area contributed by atoms with Crippen molar-refractivity contribution in [3.63, 3.8) is 0 Å². The molecular formula is C25H22N2O4. The quantitative estimate of drug-likeness (QED) is 0.270. The van der Waals surface area contributed by atoms with Crippen molar-refractivity contribution in [2.45, 2.75) is 6.42 Å². The van der Waals surface area contributed by atoms with Crippen LogP contribution in [0.25, 0.3) is 21.5 Å². The van der Waals surface area contributed by atoms with Gasteiger partial charge >= 0.3 is 0 Å². The molecule has 0 unspecified atom stereocenters. The first-order valence-electron chi connectivity index (χ1n) is 9.93. The maximum Gasteiger partial charge on any atom is 0.135 e. The number of nitrogens with zero attached hydrogens (tertiary/aromatic N) is 2. The number of hydrogen-bond acceptors (Lipinski definition) is 6. The van der Waals surface area contributed by atoms with E-state index in [0.717, 1.165) is 10.8 Å². The van der Waals surface area contributed by atoms with Crippen LogP contribution in [0.3, 0.4) is 0 Å². The molecule has 0 bridgehead atoms. The van der Waals surface area contributed by atoms with Gasteiger partial charge in [-0.05, 0) is 41.5 Å². The molecule has 4 aromatic rings. The Bertz CT molecular complexity index is 1210. The molecule has 4 N–H and O–H groups in total. The Morgan fingerprint density at radius 2 is 1.03 bits per heavy atom. The summed E-state index contributed by atoms with van der Waals surface area (Å²) >= 11 is 0. The Hall–Kier alpha value is -4.06. The number of aromatic hydroxyl groups is 4. The summed E-state index contributed by atoms with van der Waals surface area (Å²) in [5.41, 5.74) is 1.08. The van der Waals surface area contributed by atoms with E-state index in [4.69, 9.17) is 0 Å². The van der Waals surface area contributed by atoms with Gasteiger partial charge in [0.1, 0.15) is 23.0 Å². The third kappa shape index (κ3) is 4.14. The van der Waals surface area contributed by atoms with Gasteiger partial charge < -0.3 is 20.4 Å². The van der Waals surface area contributed by atoms with Crippen molar-refractivity contribution in [2.24, 2.45) is 9.98 Å². The van der Waals surface area contributed by atoms with Gasteiger partial charge in [-0.15, -0.1) is 0 Å². The largest absolute Gasteiger partial charge is 0.507 e. The number of phenolic OH excluding ortho intramolecular Hbond substituents is 4. The fourth-order valence-electron chi connectivity index (χ4n) is 3.50. The molecule has 0 saturated heterocycles. The zero-order chi connectivity index (χ0) is 21.8. The predicted molar refractivity (Wildman–Crippen MR) is 124 cm³/mol. The van der Waals surface area contributed by atoms with E-state index in [-0.39, 0.29) is 23.0 Å². The van der Waals surface area contributed by atoms with Crippen LogP contribution in [0.2, 0.25) is 0 Å². The van der Waals surface area contributed by atoms with Crippen molar-refractivity contribution in [1.29, 1.82) is 0 Å². The number of rotatable bonds is 6. The Balaban J connectivity index is 1.37. The summed E-state index contributed by atoms with van der Waals surface area (Å²) < 4.78 is 0. The van der Waals surface area contributed by atoms with Gasteiger partial charge in [0, 0.05) is 36.6 Å². The molecule has 0 heterocycles. The van der Waals surface area contributed by atoms with Crippen molar-refractivity contribution in [3.8, 4) is 23.0 Å². The van der Waals surface area contributed by atoms with Gasteiger partial charge in [0.05, 0.1) is 10.8 Å². The predicted octanol–water partition coefficient (Wildman–Crippen LogP) is 4.74. The molecule has 0 aliphatic rings. The molecule has 0 spiro atoms. The second-order valence-electron chi connectivity index (χ2n) is 7.18. The summed E-state index contributed by atoms with van der Waals surface area (Å²) in [4.78, 5) is 8.66. The van der Waals surface area contributed by atoms with E-state index in [1.165, 1.54) is 12.1 Å². The van der Waals surface area contributed by atoms with E-state index < -0.39 is 0 Å². The Labute approximate surface area is 179 Å². The van der Waals surface area contributed by atoms with Gasteiger partial charge in [-0.25, -0.2) is 0 Å². The van der Waals surface area contributed by atoms with Crippen LogP contribution in [-0.2, 0) is 0 Å². The fraction of sp³-hybridized carbons (Fsp3) is 0.120. The average molecular weight is 414 g/mol. The van der Waals surface area contributed by atoms with Crippen LogP contribution >= 0.6 is 0 Å². The highest BCUT2D eigenvalue weighted by Gasteiger charge is 2.09. The van der Waals surface area contributed by atoms with Crippen LogP contribution in [0.5, 0.6) is 23.0 Å². The van der Waals surface area contributed by atoms with Crippen LogP contribution < -0.4 is 0 Å². The maximum atomic E-state index is 10.4. The highest BCUT2D eigenvalue weighted by molar-refractivity contribution is 6.01. The van der Waals surface area contributed by atoms with Gasteiger partial charge in [-0.2, -0.15) is 0 Å². The molecule has 6 heteroatoms. The molecular weight excluding hydrogens is 392 g/mol. The minimum atomic E-state index is 0.00685. The lowest BCUT2D eigenvalue weighted by molar-refractivity contribution is 0.462. The van der Waals surface area contributed by atoms with Gasteiger partial charge in [-0.1, -0.05) is 36.4 Å². The molecule has 0 saturated carbocycles. The van der Waals surface area contributed by atoms with Crippen LogP contribution in [0.4, 0.5) is 0 Å². The average Bonchev–Trinajstić information content (AvgIpc) is 2.76. The first-order chi connectivity index (χ1) is 15.1. The lowest BCUT2D eigenvalue weighted by Gasteiger charge is -2.06. The summed E-state index contributed by atoms with van der Waals surface area (Å²) in [5.74, 6) is 0.0782. The van der Waals surface area contributed by atoms with Crippen molar-refractivity contribution in [1.82, 2.24) is 0 Å². The minimum Gasteiger partial charge on any atom is -0.507 e. The molecule has 0 aromatic heterocycles. The van der Waals surface area contributed by atoms with E-state index in [1.807, 2.05) is 24.3 Å². The molecule has 156 valence electrons. The number of hydrogen-bond donors (Lipinski definition) is 4. The van der Waals surface area contributed by atoms with Gasteiger partial charge in [0.25, 0.3) is 0 Å². The van der Waals surface area contributed by atoms with Crippen LogP contribution in [0.1, 0.15) is 17.5 Å². The molecule has 4 aromatic carbocycles. The molecule has 4 rings (SSSR count). The Morgan fingerprint density at radius 3 is 1.48 bits per heavy atom. The van der Waals surface area contributed by atoms with Gasteiger partial charge in [0.2, 0.25) is 0 Å². The van der Waals surface area contributed by atoms with E-state index >= 15 is 0 Å². The number of phenols is 4. The molecule has 0 aliphatic heterocycles. The topological polar surface area (TPSA) is 106 Å². The summed E-state index contributed by atoms with van der Waals surface area (Å²) in [6.45, 7) is 1.03. The normalized spacial score (nSPS) is 11.9. The molecule has 0 aliphatic carbocycles. The number of fused-ring (bicyclic) bond motifs is 2. The van der Waals surface area contributed by atoms with E-state index in [0.29, 0.717) is 41.4 Å². The summed E-state index contributed by atoms with van der Waals surface area (Å²) in [6.07, 6.45) is 3.86. The highest BCUT2D eigenvalue weighted by atomic mass is 16.3. The lowest BCUT2D eigenvalue weighted by atomic mass is 10.0. The number of aliphatic imine (C=N–C) groups is 2. The molecule has 31 heavy (non-hydrogen) atoms. The van der Waals surface area contributed by atoms with Gasteiger partial charge in [-0.3, -0.25) is 9.98 Å². The van der Waals surface area contributed by atoms with Crippen LogP contribution in [-0.4, -0.2) is 45.9 Å². The Kier molecular flexibility index (Phi) is 5.71. The van der Waals surface area contributed by atoms with E-state index in [9.17, 15) is 20.4 Å². The molecule has 0 amide bonds. The summed E-state index contributed by atoms with van der Waals surface area (Å²) in [5, 5.41) is 43.1. The first-order valence-corrected chi connectivity index (χ1v) is 9.93. The first kappa shape index (κ1) is 20.2.